The molecule has 0 aliphatic carbocycles. The zero-order valence-corrected chi connectivity index (χ0v) is 12.6. The van der Waals surface area contributed by atoms with Crippen LogP contribution in [0.1, 0.15) is 20.8 Å². The van der Waals surface area contributed by atoms with Crippen LogP contribution in [0.15, 0.2) is 4.99 Å². The average Bonchev–Trinajstić information content (AvgIpc) is 2.20. The summed E-state index contributed by atoms with van der Waals surface area (Å²) >= 11 is 0. The summed E-state index contributed by atoms with van der Waals surface area (Å²) in [6, 6.07) is 3.51. The largest absolute Gasteiger partial charge is 0.391 e. The van der Waals surface area contributed by atoms with E-state index >= 15 is 0 Å². The van der Waals surface area contributed by atoms with Crippen molar-refractivity contribution >= 4 is 23.7 Å². The fourth-order valence-corrected chi connectivity index (χ4v) is 7.41. The second-order valence-electron chi connectivity index (χ2n) is 3.69. The highest BCUT2D eigenvalue weighted by molar-refractivity contribution is 6.87. The summed E-state index contributed by atoms with van der Waals surface area (Å²) in [6.07, 6.45) is 0. The smallest absolute Gasteiger partial charge is 0.0931 e. The van der Waals surface area contributed by atoms with Crippen LogP contribution in [-0.4, -0.2) is 41.5 Å². The van der Waals surface area contributed by atoms with Gasteiger partial charge in [-0.1, -0.05) is 38.9 Å². The third-order valence-corrected chi connectivity index (χ3v) is 10.8. The highest BCUT2D eigenvalue weighted by Crippen LogP contribution is 2.24. The lowest BCUT2D eigenvalue weighted by Crippen LogP contribution is -2.50. The summed E-state index contributed by atoms with van der Waals surface area (Å²) in [5.41, 5.74) is -0.177. The maximum absolute atomic E-state index is 10.2. The molecule has 0 aliphatic heterocycles. The fraction of sp³-hybridized carbons (Fsp3) is 0.889. The molecule has 78 valence electrons. The lowest BCUT2D eigenvalue weighted by atomic mass is 10.7. The van der Waals surface area contributed by atoms with Crippen LogP contribution in [0.25, 0.3) is 0 Å². The highest BCUT2D eigenvalue weighted by atomic mass is 28.3. The lowest BCUT2D eigenvalue weighted by Gasteiger charge is -2.33. The van der Waals surface area contributed by atoms with Crippen LogP contribution in [0.5, 0.6) is 0 Å². The van der Waals surface area contributed by atoms with Crippen molar-refractivity contribution in [3.8, 4) is 0 Å². The van der Waals surface area contributed by atoms with E-state index in [0.29, 0.717) is 0 Å². The highest BCUT2D eigenvalue weighted by Gasteiger charge is 2.36. The van der Waals surface area contributed by atoms with Crippen molar-refractivity contribution in [2.45, 2.75) is 44.6 Å². The van der Waals surface area contributed by atoms with E-state index in [1.807, 2.05) is 0 Å². The van der Waals surface area contributed by atoms with E-state index in [9.17, 15) is 5.11 Å². The minimum Gasteiger partial charge on any atom is -0.391 e. The molecule has 0 heterocycles. The number of nitrogens with zero attached hydrogens (tertiary/aromatic N) is 1. The summed E-state index contributed by atoms with van der Waals surface area (Å²) in [5.74, 6) is 0. The van der Waals surface area contributed by atoms with Crippen molar-refractivity contribution in [1.29, 1.82) is 0 Å². The van der Waals surface area contributed by atoms with Gasteiger partial charge in [0.25, 0.3) is 0 Å². The third kappa shape index (κ3) is 2.75. The number of rotatable bonds is 5. The standard InChI is InChI=1S/C9H23NOSi2/c1-5-13(6-2,7-3)9(11)8(12)10-4/h9,11H,5-7H2,1-4,12H3. The van der Waals surface area contributed by atoms with Gasteiger partial charge in [0.2, 0.25) is 0 Å². The molecule has 0 amide bonds. The molecule has 0 bridgehead atoms. The van der Waals surface area contributed by atoms with Gasteiger partial charge in [-0.2, -0.15) is 0 Å². The Hall–Kier alpha value is 0.0638. The molecule has 13 heavy (non-hydrogen) atoms. The first kappa shape index (κ1) is 13.1. The van der Waals surface area contributed by atoms with Crippen LogP contribution < -0.4 is 0 Å². The Bertz CT molecular complexity index is 170. The Morgan fingerprint density at radius 1 is 1.31 bits per heavy atom. The molecule has 1 atom stereocenters. The number of aliphatic hydroxyl groups is 1. The Morgan fingerprint density at radius 2 is 1.69 bits per heavy atom. The van der Waals surface area contributed by atoms with Gasteiger partial charge < -0.3 is 10.1 Å². The Morgan fingerprint density at radius 3 is 1.92 bits per heavy atom. The topological polar surface area (TPSA) is 32.6 Å². The molecule has 0 aliphatic rings. The van der Waals surface area contributed by atoms with Gasteiger partial charge in [0.15, 0.2) is 0 Å². The second-order valence-corrected chi connectivity index (χ2v) is 10.1. The molecule has 0 rings (SSSR count). The van der Waals surface area contributed by atoms with E-state index in [0.717, 1.165) is 15.6 Å². The predicted molar refractivity (Wildman–Crippen MR) is 66.5 cm³/mol. The summed E-state index contributed by atoms with van der Waals surface area (Å²) in [7, 11) is 1.25. The molecule has 0 fully saturated rings. The van der Waals surface area contributed by atoms with E-state index in [1.54, 1.807) is 7.05 Å². The molecular formula is C9H23NOSi2. The Labute approximate surface area is 85.9 Å². The molecule has 0 saturated carbocycles. The van der Waals surface area contributed by atoms with Crippen molar-refractivity contribution in [2.75, 3.05) is 7.05 Å². The minimum absolute atomic E-state index is 0.177. The molecule has 1 unspecified atom stereocenters. The van der Waals surface area contributed by atoms with Crippen LogP contribution in [-0.2, 0) is 0 Å². The van der Waals surface area contributed by atoms with E-state index in [4.69, 9.17) is 0 Å². The molecule has 0 saturated heterocycles. The first-order chi connectivity index (χ1) is 6.07. The Balaban J connectivity index is 4.73. The van der Waals surface area contributed by atoms with E-state index < -0.39 is 8.07 Å². The van der Waals surface area contributed by atoms with Crippen molar-refractivity contribution in [2.24, 2.45) is 4.99 Å². The zero-order valence-electron chi connectivity index (χ0n) is 9.59. The molecule has 0 aromatic heterocycles. The van der Waals surface area contributed by atoms with Gasteiger partial charge in [0.1, 0.15) is 0 Å². The SMILES string of the molecule is CC[Si](CC)(CC)C(O)C([SiH3])=NC. The van der Waals surface area contributed by atoms with Crippen molar-refractivity contribution in [3.05, 3.63) is 0 Å². The fourth-order valence-electron chi connectivity index (χ4n) is 1.90. The van der Waals surface area contributed by atoms with Gasteiger partial charge in [-0.15, -0.1) is 0 Å². The quantitative estimate of drug-likeness (QED) is 0.536. The number of hydrogen-bond acceptors (Lipinski definition) is 2. The summed E-state index contributed by atoms with van der Waals surface area (Å²) in [5, 5.41) is 11.2. The van der Waals surface area contributed by atoms with E-state index in [1.165, 1.54) is 18.1 Å². The normalized spacial score (nSPS) is 16.2. The van der Waals surface area contributed by atoms with Crippen molar-refractivity contribution in [1.82, 2.24) is 0 Å². The molecular weight excluding hydrogens is 194 g/mol. The van der Waals surface area contributed by atoms with Crippen molar-refractivity contribution < 1.29 is 5.11 Å². The second kappa shape index (κ2) is 5.72. The van der Waals surface area contributed by atoms with E-state index in [-0.39, 0.29) is 5.73 Å². The van der Waals surface area contributed by atoms with Gasteiger partial charge in [-0.05, 0) is 0 Å². The number of aliphatic hydroxyl groups excluding tert-OH is 1. The maximum atomic E-state index is 10.2. The molecule has 0 aromatic carbocycles. The summed E-state index contributed by atoms with van der Waals surface area (Å²) in [4.78, 5) is 4.16. The maximum Gasteiger partial charge on any atom is 0.0931 e. The Kier molecular flexibility index (Phi) is 5.75. The van der Waals surface area contributed by atoms with Gasteiger partial charge in [-0.3, -0.25) is 0 Å². The van der Waals surface area contributed by atoms with Gasteiger partial charge in [0.05, 0.1) is 24.0 Å². The van der Waals surface area contributed by atoms with Crippen LogP contribution in [0.4, 0.5) is 0 Å². The minimum atomic E-state index is -1.45. The first-order valence-corrected chi connectivity index (χ1v) is 8.89. The van der Waals surface area contributed by atoms with E-state index in [2.05, 4.69) is 25.8 Å². The number of aliphatic imine (C=N–C) groups is 1. The summed E-state index contributed by atoms with van der Waals surface area (Å²) < 4.78 is 0. The lowest BCUT2D eigenvalue weighted by molar-refractivity contribution is 0.306. The monoisotopic (exact) mass is 217 g/mol. The van der Waals surface area contributed by atoms with Gasteiger partial charge in [0, 0.05) is 12.4 Å². The van der Waals surface area contributed by atoms with Crippen LogP contribution in [0.2, 0.25) is 18.1 Å². The zero-order chi connectivity index (χ0) is 10.5. The van der Waals surface area contributed by atoms with Crippen LogP contribution in [0, 0.1) is 0 Å². The molecule has 1 N–H and O–H groups in total. The third-order valence-electron chi connectivity index (χ3n) is 3.44. The van der Waals surface area contributed by atoms with Crippen LogP contribution in [0.3, 0.4) is 0 Å². The number of hydrogen-bond donors (Lipinski definition) is 1. The molecule has 4 heteroatoms. The van der Waals surface area contributed by atoms with Crippen molar-refractivity contribution in [3.63, 3.8) is 0 Å². The average molecular weight is 217 g/mol. The predicted octanol–water partition coefficient (Wildman–Crippen LogP) is 0.789. The molecule has 0 aromatic rings. The molecule has 0 spiro atoms. The van der Waals surface area contributed by atoms with Gasteiger partial charge in [-0.25, -0.2) is 0 Å². The summed E-state index contributed by atoms with van der Waals surface area (Å²) in [6.45, 7) is 6.65. The molecule has 0 radical (unpaired) electrons. The van der Waals surface area contributed by atoms with Gasteiger partial charge >= 0.3 is 0 Å². The first-order valence-electron chi connectivity index (χ1n) is 5.19. The van der Waals surface area contributed by atoms with Crippen LogP contribution >= 0.6 is 0 Å². The molecule has 2 nitrogen and oxygen atoms in total.